The second-order valence-corrected chi connectivity index (χ2v) is 7.80. The fourth-order valence-electron chi connectivity index (χ4n) is 3.26. The highest BCUT2D eigenvalue weighted by Gasteiger charge is 2.26. The van der Waals surface area contributed by atoms with E-state index < -0.39 is 0 Å². The molecular formula is C19H22N4O2S. The maximum Gasteiger partial charge on any atom is 0.274 e. The quantitative estimate of drug-likeness (QED) is 0.709. The van der Waals surface area contributed by atoms with Crippen molar-refractivity contribution in [2.24, 2.45) is 7.05 Å². The van der Waals surface area contributed by atoms with Crippen molar-refractivity contribution in [3.05, 3.63) is 41.2 Å². The third-order valence-electron chi connectivity index (χ3n) is 4.93. The number of ether oxygens (including phenoxy) is 1. The second kappa shape index (κ2) is 6.72. The monoisotopic (exact) mass is 370 g/mol. The SMILES string of the molecule is Cc1cccc2sc(OC3CCN(C(=O)c4cc(C)n(C)n4)CC3)nc12. The number of benzene rings is 1. The van der Waals surface area contributed by atoms with Crippen molar-refractivity contribution in [2.45, 2.75) is 32.8 Å². The number of amides is 1. The van der Waals surface area contributed by atoms with Crippen molar-refractivity contribution in [3.8, 4) is 5.19 Å². The topological polar surface area (TPSA) is 60.2 Å². The lowest BCUT2D eigenvalue weighted by atomic mass is 10.1. The Hall–Kier alpha value is -2.41. The van der Waals surface area contributed by atoms with Crippen LogP contribution in [0.3, 0.4) is 0 Å². The summed E-state index contributed by atoms with van der Waals surface area (Å²) >= 11 is 1.59. The first-order valence-electron chi connectivity index (χ1n) is 8.84. The summed E-state index contributed by atoms with van der Waals surface area (Å²) in [5.41, 5.74) is 3.69. The third-order valence-corrected chi connectivity index (χ3v) is 5.84. The van der Waals surface area contributed by atoms with Gasteiger partial charge in [-0.1, -0.05) is 23.5 Å². The van der Waals surface area contributed by atoms with Crippen molar-refractivity contribution in [1.29, 1.82) is 0 Å². The van der Waals surface area contributed by atoms with Gasteiger partial charge in [-0.25, -0.2) is 4.98 Å². The molecule has 6 nitrogen and oxygen atoms in total. The number of hydrogen-bond donors (Lipinski definition) is 0. The zero-order valence-electron chi connectivity index (χ0n) is 15.2. The number of aryl methyl sites for hydroxylation is 3. The largest absolute Gasteiger partial charge is 0.467 e. The van der Waals surface area contributed by atoms with Gasteiger partial charge in [0.05, 0.1) is 10.2 Å². The number of hydrogen-bond acceptors (Lipinski definition) is 5. The van der Waals surface area contributed by atoms with Crippen LogP contribution in [0.5, 0.6) is 5.19 Å². The maximum absolute atomic E-state index is 12.6. The molecule has 1 saturated heterocycles. The van der Waals surface area contributed by atoms with Gasteiger partial charge in [0.25, 0.3) is 11.1 Å². The van der Waals surface area contributed by atoms with E-state index in [-0.39, 0.29) is 12.0 Å². The predicted octanol–water partition coefficient (Wildman–Crippen LogP) is 3.33. The minimum atomic E-state index is 0.00256. The predicted molar refractivity (Wildman–Crippen MR) is 102 cm³/mol. The standard InChI is InChI=1S/C19H22N4O2S/c1-12-5-4-6-16-17(12)20-19(26-16)25-14-7-9-23(10-8-14)18(24)15-11-13(2)22(3)21-15/h4-6,11,14H,7-10H2,1-3H3. The number of nitrogens with zero attached hydrogens (tertiary/aromatic N) is 4. The number of piperidine rings is 1. The fraction of sp³-hybridized carbons (Fsp3) is 0.421. The van der Waals surface area contributed by atoms with E-state index in [1.807, 2.05) is 31.0 Å². The Morgan fingerprint density at radius 1 is 1.27 bits per heavy atom. The molecule has 0 unspecified atom stereocenters. The first kappa shape index (κ1) is 17.0. The Labute approximate surface area is 156 Å². The van der Waals surface area contributed by atoms with Crippen molar-refractivity contribution in [2.75, 3.05) is 13.1 Å². The van der Waals surface area contributed by atoms with Crippen LogP contribution >= 0.6 is 11.3 Å². The summed E-state index contributed by atoms with van der Waals surface area (Å²) in [6, 6.07) is 8.02. The van der Waals surface area contributed by atoms with Crippen LogP contribution in [-0.2, 0) is 7.05 Å². The molecule has 3 aromatic rings. The second-order valence-electron chi connectivity index (χ2n) is 6.81. The molecule has 0 saturated carbocycles. The lowest BCUT2D eigenvalue weighted by Gasteiger charge is -2.31. The van der Waals surface area contributed by atoms with Gasteiger partial charge in [0.2, 0.25) is 0 Å². The van der Waals surface area contributed by atoms with E-state index >= 15 is 0 Å². The van der Waals surface area contributed by atoms with E-state index in [0.717, 1.165) is 33.9 Å². The molecule has 1 aromatic carbocycles. The number of fused-ring (bicyclic) bond motifs is 1. The summed E-state index contributed by atoms with van der Waals surface area (Å²) in [7, 11) is 1.85. The first-order chi connectivity index (χ1) is 12.5. The van der Waals surface area contributed by atoms with Crippen molar-refractivity contribution >= 4 is 27.5 Å². The molecule has 136 valence electrons. The van der Waals surface area contributed by atoms with E-state index in [1.54, 1.807) is 16.0 Å². The lowest BCUT2D eigenvalue weighted by molar-refractivity contribution is 0.0589. The van der Waals surface area contributed by atoms with Gasteiger partial charge in [-0.3, -0.25) is 9.48 Å². The summed E-state index contributed by atoms with van der Waals surface area (Å²) in [6.07, 6.45) is 1.73. The van der Waals surface area contributed by atoms with Gasteiger partial charge in [0, 0.05) is 38.7 Å². The highest BCUT2D eigenvalue weighted by Crippen LogP contribution is 2.31. The van der Waals surface area contributed by atoms with Gasteiger partial charge in [-0.15, -0.1) is 0 Å². The van der Waals surface area contributed by atoms with Crippen LogP contribution in [0.15, 0.2) is 24.3 Å². The van der Waals surface area contributed by atoms with Gasteiger partial charge >= 0.3 is 0 Å². The Balaban J connectivity index is 1.38. The average Bonchev–Trinajstić information content (AvgIpc) is 3.19. The molecule has 2 aromatic heterocycles. The molecule has 1 aliphatic rings. The van der Waals surface area contributed by atoms with Gasteiger partial charge in [-0.05, 0) is 31.5 Å². The van der Waals surface area contributed by atoms with Crippen LogP contribution < -0.4 is 4.74 Å². The molecule has 1 aliphatic heterocycles. The highest BCUT2D eigenvalue weighted by atomic mass is 32.1. The first-order valence-corrected chi connectivity index (χ1v) is 9.65. The van der Waals surface area contributed by atoms with Crippen LogP contribution in [0.1, 0.15) is 34.6 Å². The number of thiazole rings is 1. The molecule has 1 fully saturated rings. The molecule has 26 heavy (non-hydrogen) atoms. The van der Waals surface area contributed by atoms with Crippen molar-refractivity contribution in [3.63, 3.8) is 0 Å². The molecule has 0 atom stereocenters. The lowest BCUT2D eigenvalue weighted by Crippen LogP contribution is -2.42. The fourth-order valence-corrected chi connectivity index (χ4v) is 4.22. The van der Waals surface area contributed by atoms with Gasteiger partial charge in [0.1, 0.15) is 6.10 Å². The van der Waals surface area contributed by atoms with Gasteiger partial charge in [-0.2, -0.15) is 5.10 Å². The Morgan fingerprint density at radius 3 is 2.69 bits per heavy atom. The van der Waals surface area contributed by atoms with E-state index in [2.05, 4.69) is 29.1 Å². The normalized spacial score (nSPS) is 15.6. The average molecular weight is 370 g/mol. The molecule has 0 spiro atoms. The minimum Gasteiger partial charge on any atom is -0.467 e. The summed E-state index contributed by atoms with van der Waals surface area (Å²) < 4.78 is 8.99. The summed E-state index contributed by atoms with van der Waals surface area (Å²) in [5.74, 6) is 0.00256. The Morgan fingerprint density at radius 2 is 2.04 bits per heavy atom. The molecule has 0 N–H and O–H groups in total. The molecule has 1 amide bonds. The van der Waals surface area contributed by atoms with Crippen LogP contribution in [-0.4, -0.2) is 44.8 Å². The number of aromatic nitrogens is 3. The van der Waals surface area contributed by atoms with Crippen molar-refractivity contribution in [1.82, 2.24) is 19.7 Å². The zero-order chi connectivity index (χ0) is 18.3. The molecule has 0 bridgehead atoms. The van der Waals surface area contributed by atoms with E-state index in [4.69, 9.17) is 4.74 Å². The number of para-hydroxylation sites is 1. The smallest absolute Gasteiger partial charge is 0.274 e. The Kier molecular flexibility index (Phi) is 4.40. The van der Waals surface area contributed by atoms with E-state index in [0.29, 0.717) is 18.8 Å². The number of carbonyl (C=O) groups excluding carboxylic acids is 1. The number of rotatable bonds is 3. The van der Waals surface area contributed by atoms with Crippen LogP contribution in [0.2, 0.25) is 0 Å². The minimum absolute atomic E-state index is 0.00256. The van der Waals surface area contributed by atoms with Crippen molar-refractivity contribution < 1.29 is 9.53 Å². The summed E-state index contributed by atoms with van der Waals surface area (Å²) in [5, 5.41) is 5.01. The molecule has 4 rings (SSSR count). The van der Waals surface area contributed by atoms with E-state index in [9.17, 15) is 4.79 Å². The molecule has 0 radical (unpaired) electrons. The molecule has 0 aliphatic carbocycles. The maximum atomic E-state index is 12.6. The number of carbonyl (C=O) groups is 1. The molecule has 7 heteroatoms. The van der Waals surface area contributed by atoms with Gasteiger partial charge in [0.15, 0.2) is 5.69 Å². The zero-order valence-corrected chi connectivity index (χ0v) is 16.0. The van der Waals surface area contributed by atoms with Gasteiger partial charge < -0.3 is 9.64 Å². The number of likely N-dealkylation sites (tertiary alicyclic amines) is 1. The highest BCUT2D eigenvalue weighted by molar-refractivity contribution is 7.20. The molecular weight excluding hydrogens is 348 g/mol. The molecule has 3 heterocycles. The summed E-state index contributed by atoms with van der Waals surface area (Å²) in [4.78, 5) is 19.1. The third kappa shape index (κ3) is 3.19. The van der Waals surface area contributed by atoms with E-state index in [1.165, 1.54) is 5.56 Å². The Bertz CT molecular complexity index is 934. The van der Waals surface area contributed by atoms with Crippen LogP contribution in [0.25, 0.3) is 10.2 Å². The van der Waals surface area contributed by atoms with Crippen LogP contribution in [0.4, 0.5) is 0 Å². The summed E-state index contributed by atoms with van der Waals surface area (Å²) in [6.45, 7) is 5.38. The van der Waals surface area contributed by atoms with Crippen LogP contribution in [0, 0.1) is 13.8 Å².